The van der Waals surface area contributed by atoms with Gasteiger partial charge in [-0.1, -0.05) is 17.7 Å². The Hall–Kier alpha value is -1.72. The maximum Gasteiger partial charge on any atom is 0.255 e. The van der Waals surface area contributed by atoms with E-state index in [0.29, 0.717) is 22.9 Å². The molecule has 116 valence electrons. The van der Waals surface area contributed by atoms with Crippen LogP contribution in [0.5, 0.6) is 11.5 Å². The summed E-state index contributed by atoms with van der Waals surface area (Å²) in [6.07, 6.45) is 0. The van der Waals surface area contributed by atoms with Crippen LogP contribution < -0.4 is 14.8 Å². The first-order valence-corrected chi connectivity index (χ1v) is 7.66. The van der Waals surface area contributed by atoms with Crippen LogP contribution in [-0.2, 0) is 6.54 Å². The molecule has 0 spiro atoms. The zero-order valence-electron chi connectivity index (χ0n) is 12.2. The van der Waals surface area contributed by atoms with Crippen molar-refractivity contribution >= 4 is 33.4 Å². The van der Waals surface area contributed by atoms with Gasteiger partial charge in [-0.2, -0.15) is 0 Å². The molecule has 0 bridgehead atoms. The van der Waals surface area contributed by atoms with E-state index in [1.807, 2.05) is 18.2 Å². The van der Waals surface area contributed by atoms with Gasteiger partial charge in [0.05, 0.1) is 24.3 Å². The van der Waals surface area contributed by atoms with Gasteiger partial charge in [0.1, 0.15) is 11.5 Å². The Kier molecular flexibility index (Phi) is 5.69. The van der Waals surface area contributed by atoms with Crippen molar-refractivity contribution in [1.82, 2.24) is 5.32 Å². The Balaban J connectivity index is 2.08. The molecule has 0 atom stereocenters. The van der Waals surface area contributed by atoms with Crippen LogP contribution in [0.1, 0.15) is 15.9 Å². The monoisotopic (exact) mass is 383 g/mol. The number of amides is 1. The predicted octanol–water partition coefficient (Wildman–Crippen LogP) is 4.05. The summed E-state index contributed by atoms with van der Waals surface area (Å²) in [5.41, 5.74) is 1.40. The van der Waals surface area contributed by atoms with Crippen molar-refractivity contribution in [3.05, 3.63) is 57.0 Å². The third kappa shape index (κ3) is 3.93. The molecular formula is C16H15BrClNO3. The first kappa shape index (κ1) is 16.6. The Morgan fingerprint density at radius 1 is 1.14 bits per heavy atom. The third-order valence-electron chi connectivity index (χ3n) is 3.08. The summed E-state index contributed by atoms with van der Waals surface area (Å²) in [4.78, 5) is 12.2. The highest BCUT2D eigenvalue weighted by Gasteiger charge is 2.12. The molecule has 0 heterocycles. The Labute approximate surface area is 142 Å². The van der Waals surface area contributed by atoms with E-state index in [1.54, 1.807) is 25.3 Å². The molecule has 0 aliphatic heterocycles. The van der Waals surface area contributed by atoms with Crippen LogP contribution in [0.3, 0.4) is 0 Å². The van der Waals surface area contributed by atoms with Crippen molar-refractivity contribution in [3.63, 3.8) is 0 Å². The molecule has 0 radical (unpaired) electrons. The second kappa shape index (κ2) is 7.51. The quantitative estimate of drug-likeness (QED) is 0.846. The van der Waals surface area contributed by atoms with Gasteiger partial charge in [-0.05, 0) is 51.8 Å². The Morgan fingerprint density at radius 2 is 1.86 bits per heavy atom. The highest BCUT2D eigenvalue weighted by atomic mass is 79.9. The normalized spacial score (nSPS) is 10.2. The van der Waals surface area contributed by atoms with Crippen molar-refractivity contribution in [2.75, 3.05) is 14.2 Å². The fraction of sp³-hybridized carbons (Fsp3) is 0.188. The lowest BCUT2D eigenvalue weighted by Crippen LogP contribution is -2.23. The van der Waals surface area contributed by atoms with Crippen molar-refractivity contribution in [1.29, 1.82) is 0 Å². The maximum absolute atomic E-state index is 12.2. The molecule has 0 fully saturated rings. The van der Waals surface area contributed by atoms with Crippen molar-refractivity contribution in [2.45, 2.75) is 6.54 Å². The average Bonchev–Trinajstić information content (AvgIpc) is 2.52. The molecule has 22 heavy (non-hydrogen) atoms. The van der Waals surface area contributed by atoms with Crippen LogP contribution in [0.25, 0.3) is 0 Å². The molecule has 2 aromatic carbocycles. The number of carbonyl (C=O) groups excluding carboxylic acids is 1. The second-order valence-corrected chi connectivity index (χ2v) is 5.79. The number of carbonyl (C=O) groups is 1. The number of hydrogen-bond acceptors (Lipinski definition) is 3. The molecule has 1 N–H and O–H groups in total. The summed E-state index contributed by atoms with van der Waals surface area (Å²) in [7, 11) is 3.11. The molecule has 0 aliphatic carbocycles. The summed E-state index contributed by atoms with van der Waals surface area (Å²) in [6.45, 7) is 0.396. The van der Waals surface area contributed by atoms with E-state index in [4.69, 9.17) is 21.1 Å². The van der Waals surface area contributed by atoms with Gasteiger partial charge in [-0.15, -0.1) is 0 Å². The van der Waals surface area contributed by atoms with Crippen molar-refractivity contribution in [2.24, 2.45) is 0 Å². The van der Waals surface area contributed by atoms with Gasteiger partial charge < -0.3 is 14.8 Å². The van der Waals surface area contributed by atoms with E-state index in [-0.39, 0.29) is 5.91 Å². The lowest BCUT2D eigenvalue weighted by atomic mass is 10.1. The van der Waals surface area contributed by atoms with Crippen LogP contribution >= 0.6 is 27.5 Å². The van der Waals surface area contributed by atoms with Gasteiger partial charge in [0.2, 0.25) is 0 Å². The number of rotatable bonds is 5. The van der Waals surface area contributed by atoms with Gasteiger partial charge in [-0.3, -0.25) is 4.79 Å². The number of hydrogen-bond donors (Lipinski definition) is 1. The van der Waals surface area contributed by atoms with Crippen molar-refractivity contribution < 1.29 is 14.3 Å². The fourth-order valence-electron chi connectivity index (χ4n) is 1.95. The lowest BCUT2D eigenvalue weighted by Gasteiger charge is -2.10. The molecule has 0 saturated heterocycles. The number of benzene rings is 2. The molecule has 6 heteroatoms. The molecule has 0 aliphatic rings. The number of nitrogens with one attached hydrogen (secondary N) is 1. The maximum atomic E-state index is 12.2. The molecule has 0 unspecified atom stereocenters. The lowest BCUT2D eigenvalue weighted by molar-refractivity contribution is 0.0948. The van der Waals surface area contributed by atoms with Gasteiger partial charge >= 0.3 is 0 Å². The average molecular weight is 385 g/mol. The smallest absolute Gasteiger partial charge is 0.255 e. The van der Waals surface area contributed by atoms with Gasteiger partial charge in [0.25, 0.3) is 5.91 Å². The van der Waals surface area contributed by atoms with E-state index in [2.05, 4.69) is 21.2 Å². The van der Waals surface area contributed by atoms with Crippen LogP contribution in [0.15, 0.2) is 40.9 Å². The molecule has 2 aromatic rings. The molecule has 0 saturated carbocycles. The summed E-state index contributed by atoms with van der Waals surface area (Å²) in [6, 6.07) is 10.5. The zero-order valence-corrected chi connectivity index (χ0v) is 14.5. The van der Waals surface area contributed by atoms with Gasteiger partial charge in [0, 0.05) is 11.6 Å². The SMILES string of the molecule is COc1ccc(CNC(=O)c2ccc(Cl)cc2OC)cc1Br. The Bertz CT molecular complexity index is 691. The number of halogens is 2. The molecule has 0 aromatic heterocycles. The molecule has 2 rings (SSSR count). The van der Waals surface area contributed by atoms with Crippen LogP contribution in [0.4, 0.5) is 0 Å². The van der Waals surface area contributed by atoms with E-state index in [0.717, 1.165) is 15.8 Å². The minimum atomic E-state index is -0.222. The van der Waals surface area contributed by atoms with Crippen LogP contribution in [0.2, 0.25) is 5.02 Å². The zero-order chi connectivity index (χ0) is 16.1. The van der Waals surface area contributed by atoms with E-state index < -0.39 is 0 Å². The molecule has 1 amide bonds. The number of ether oxygens (including phenoxy) is 2. The molecule has 4 nitrogen and oxygen atoms in total. The highest BCUT2D eigenvalue weighted by Crippen LogP contribution is 2.26. The largest absolute Gasteiger partial charge is 0.496 e. The molecular weight excluding hydrogens is 370 g/mol. The van der Waals surface area contributed by atoms with Crippen LogP contribution in [0, 0.1) is 0 Å². The number of methoxy groups -OCH3 is 2. The second-order valence-electron chi connectivity index (χ2n) is 4.50. The summed E-state index contributed by atoms with van der Waals surface area (Å²) in [5, 5.41) is 3.37. The minimum absolute atomic E-state index is 0.222. The Morgan fingerprint density at radius 3 is 2.50 bits per heavy atom. The van der Waals surface area contributed by atoms with Crippen LogP contribution in [-0.4, -0.2) is 20.1 Å². The van der Waals surface area contributed by atoms with Crippen molar-refractivity contribution in [3.8, 4) is 11.5 Å². The van der Waals surface area contributed by atoms with Gasteiger partial charge in [0.15, 0.2) is 0 Å². The summed E-state index contributed by atoms with van der Waals surface area (Å²) in [5.74, 6) is 0.968. The third-order valence-corrected chi connectivity index (χ3v) is 3.93. The van der Waals surface area contributed by atoms with Gasteiger partial charge in [-0.25, -0.2) is 0 Å². The minimum Gasteiger partial charge on any atom is -0.496 e. The standard InChI is InChI=1S/C16H15BrClNO3/c1-21-14-6-3-10(7-13(14)17)9-19-16(20)12-5-4-11(18)8-15(12)22-2/h3-8H,9H2,1-2H3,(H,19,20). The summed E-state index contributed by atoms with van der Waals surface area (Å²) >= 11 is 9.31. The topological polar surface area (TPSA) is 47.6 Å². The van der Waals surface area contributed by atoms with E-state index >= 15 is 0 Å². The first-order valence-electron chi connectivity index (χ1n) is 6.49. The van der Waals surface area contributed by atoms with E-state index in [9.17, 15) is 4.79 Å². The predicted molar refractivity (Wildman–Crippen MR) is 89.9 cm³/mol. The summed E-state index contributed by atoms with van der Waals surface area (Å²) < 4.78 is 11.2. The fourth-order valence-corrected chi connectivity index (χ4v) is 2.70. The highest BCUT2D eigenvalue weighted by molar-refractivity contribution is 9.10. The van der Waals surface area contributed by atoms with E-state index in [1.165, 1.54) is 7.11 Å². The first-order chi connectivity index (χ1) is 10.5.